The maximum atomic E-state index is 6.33. The Morgan fingerprint density at radius 2 is 1.85 bits per heavy atom. The van der Waals surface area contributed by atoms with Crippen LogP contribution in [0.25, 0.3) is 5.65 Å². The molecule has 0 aliphatic rings. The van der Waals surface area contributed by atoms with Gasteiger partial charge in [-0.3, -0.25) is 4.98 Å². The van der Waals surface area contributed by atoms with Gasteiger partial charge in [-0.1, -0.05) is 35.3 Å². The highest BCUT2D eigenvalue weighted by Crippen LogP contribution is 2.28. The maximum Gasteiger partial charge on any atom is 0.171 e. The minimum atomic E-state index is 0.519. The van der Waals surface area contributed by atoms with E-state index >= 15 is 0 Å². The molecule has 27 heavy (non-hydrogen) atoms. The van der Waals surface area contributed by atoms with Crippen LogP contribution in [0.15, 0.2) is 59.3 Å². The number of anilines is 1. The molecule has 0 amide bonds. The summed E-state index contributed by atoms with van der Waals surface area (Å²) in [7, 11) is 0. The smallest absolute Gasteiger partial charge is 0.171 e. The number of fused-ring (bicyclic) bond motifs is 1. The summed E-state index contributed by atoms with van der Waals surface area (Å²) in [6, 6.07) is 13.3. The molecule has 1 N–H and O–H groups in total. The highest BCUT2D eigenvalue weighted by atomic mass is 79.9. The van der Waals surface area contributed by atoms with Gasteiger partial charge in [-0.25, -0.2) is 4.98 Å². The summed E-state index contributed by atoms with van der Waals surface area (Å²) in [6.45, 7) is 0.573. The van der Waals surface area contributed by atoms with Gasteiger partial charge in [0.05, 0.1) is 28.6 Å². The minimum absolute atomic E-state index is 0.519. The Labute approximate surface area is 174 Å². The first-order valence-corrected chi connectivity index (χ1v) is 9.76. The average molecular weight is 463 g/mol. The van der Waals surface area contributed by atoms with Crippen molar-refractivity contribution in [1.82, 2.24) is 19.6 Å². The topological polar surface area (TPSA) is 55.1 Å². The molecular formula is C19H14BrCl2N5. The molecular weight excluding hydrogens is 449 g/mol. The highest BCUT2D eigenvalue weighted by molar-refractivity contribution is 9.10. The van der Waals surface area contributed by atoms with E-state index in [1.807, 2.05) is 42.5 Å². The maximum absolute atomic E-state index is 6.33. The summed E-state index contributed by atoms with van der Waals surface area (Å²) in [5, 5.41) is 9.02. The zero-order chi connectivity index (χ0) is 18.8. The van der Waals surface area contributed by atoms with Crippen molar-refractivity contribution in [2.24, 2.45) is 0 Å². The van der Waals surface area contributed by atoms with Crippen LogP contribution in [0.4, 0.5) is 5.82 Å². The largest absolute Gasteiger partial charge is 0.364 e. The number of nitrogens with zero attached hydrogens (tertiary/aromatic N) is 4. The summed E-state index contributed by atoms with van der Waals surface area (Å²) in [6.07, 6.45) is 4.01. The van der Waals surface area contributed by atoms with Gasteiger partial charge in [0.1, 0.15) is 5.82 Å². The van der Waals surface area contributed by atoms with E-state index in [-0.39, 0.29) is 0 Å². The molecule has 0 radical (unpaired) electrons. The van der Waals surface area contributed by atoms with Crippen LogP contribution in [-0.2, 0) is 13.0 Å². The van der Waals surface area contributed by atoms with Crippen LogP contribution >= 0.6 is 39.1 Å². The number of hydrogen-bond donors (Lipinski definition) is 1. The normalized spacial score (nSPS) is 11.1. The van der Waals surface area contributed by atoms with Crippen LogP contribution in [0.5, 0.6) is 0 Å². The van der Waals surface area contributed by atoms with Crippen LogP contribution in [0.2, 0.25) is 10.0 Å². The molecule has 1 aromatic carbocycles. The molecule has 4 rings (SSSR count). The van der Waals surface area contributed by atoms with E-state index in [0.717, 1.165) is 32.9 Å². The van der Waals surface area contributed by atoms with Crippen molar-refractivity contribution in [2.45, 2.75) is 13.0 Å². The van der Waals surface area contributed by atoms with Crippen molar-refractivity contribution in [2.75, 3.05) is 5.32 Å². The predicted octanol–water partition coefficient (Wildman–Crippen LogP) is 5.40. The van der Waals surface area contributed by atoms with Crippen LogP contribution in [0, 0.1) is 0 Å². The van der Waals surface area contributed by atoms with Crippen molar-refractivity contribution in [1.29, 1.82) is 0 Å². The summed E-state index contributed by atoms with van der Waals surface area (Å²) >= 11 is 16.2. The SMILES string of the molecule is Clc1cccc(Cl)c1Cc1cc(NCc2ccccn2)n2ncc(Br)c2n1. The molecule has 0 spiro atoms. The number of benzene rings is 1. The van der Waals surface area contributed by atoms with Gasteiger partial charge >= 0.3 is 0 Å². The zero-order valence-corrected chi connectivity index (χ0v) is 17.1. The average Bonchev–Trinajstić information content (AvgIpc) is 3.05. The third-order valence-electron chi connectivity index (χ3n) is 4.08. The summed E-state index contributed by atoms with van der Waals surface area (Å²) < 4.78 is 2.57. The zero-order valence-electron chi connectivity index (χ0n) is 14.0. The third kappa shape index (κ3) is 3.93. The molecule has 0 aliphatic carbocycles. The van der Waals surface area contributed by atoms with E-state index < -0.39 is 0 Å². The van der Waals surface area contributed by atoms with Crippen molar-refractivity contribution >= 4 is 50.6 Å². The van der Waals surface area contributed by atoms with E-state index in [2.05, 4.69) is 31.3 Å². The Morgan fingerprint density at radius 1 is 1.04 bits per heavy atom. The fourth-order valence-electron chi connectivity index (χ4n) is 2.77. The Balaban J connectivity index is 1.70. The molecule has 3 heterocycles. The number of nitrogens with one attached hydrogen (secondary N) is 1. The number of halogens is 3. The van der Waals surface area contributed by atoms with Crippen LogP contribution in [-0.4, -0.2) is 19.6 Å². The van der Waals surface area contributed by atoms with E-state index in [9.17, 15) is 0 Å². The molecule has 4 aromatic rings. The van der Waals surface area contributed by atoms with Crippen LogP contribution in [0.1, 0.15) is 17.0 Å². The number of hydrogen-bond acceptors (Lipinski definition) is 4. The Bertz CT molecular complexity index is 1080. The first-order chi connectivity index (χ1) is 13.1. The van der Waals surface area contributed by atoms with Gasteiger partial charge in [-0.2, -0.15) is 9.61 Å². The molecule has 136 valence electrons. The lowest BCUT2D eigenvalue weighted by Gasteiger charge is -2.12. The van der Waals surface area contributed by atoms with Crippen LogP contribution in [0.3, 0.4) is 0 Å². The van der Waals surface area contributed by atoms with E-state index in [1.54, 1.807) is 16.9 Å². The first kappa shape index (κ1) is 18.2. The standard InChI is InChI=1S/C19H14BrCl2N5/c20-15-11-25-27-18(24-10-12-4-1-2-7-23-12)9-13(26-19(15)27)8-14-16(21)5-3-6-17(14)22/h1-7,9,11,24H,8,10H2. The van der Waals surface area contributed by atoms with E-state index in [0.29, 0.717) is 23.0 Å². The van der Waals surface area contributed by atoms with Crippen molar-refractivity contribution < 1.29 is 0 Å². The summed E-state index contributed by atoms with van der Waals surface area (Å²) in [5.74, 6) is 0.814. The Morgan fingerprint density at radius 3 is 2.59 bits per heavy atom. The number of rotatable bonds is 5. The van der Waals surface area contributed by atoms with Gasteiger partial charge < -0.3 is 5.32 Å². The second kappa shape index (κ2) is 7.84. The lowest BCUT2D eigenvalue weighted by Crippen LogP contribution is -2.09. The molecule has 0 bridgehead atoms. The quantitative estimate of drug-likeness (QED) is 0.431. The Kier molecular flexibility index (Phi) is 5.29. The highest BCUT2D eigenvalue weighted by Gasteiger charge is 2.13. The molecule has 8 heteroatoms. The predicted molar refractivity (Wildman–Crippen MR) is 112 cm³/mol. The van der Waals surface area contributed by atoms with Crippen molar-refractivity contribution in [3.63, 3.8) is 0 Å². The fraction of sp³-hybridized carbons (Fsp3) is 0.105. The molecule has 0 atom stereocenters. The molecule has 5 nitrogen and oxygen atoms in total. The molecule has 0 saturated heterocycles. The van der Waals surface area contributed by atoms with Gasteiger partial charge in [-0.15, -0.1) is 0 Å². The minimum Gasteiger partial charge on any atom is -0.364 e. The van der Waals surface area contributed by atoms with Gasteiger partial charge in [0, 0.05) is 28.7 Å². The first-order valence-electron chi connectivity index (χ1n) is 8.21. The summed E-state index contributed by atoms with van der Waals surface area (Å²) in [4.78, 5) is 9.05. The second-order valence-corrected chi connectivity index (χ2v) is 7.58. The molecule has 0 unspecified atom stereocenters. The molecule has 0 saturated carbocycles. The molecule has 3 aromatic heterocycles. The molecule has 0 aliphatic heterocycles. The van der Waals surface area contributed by atoms with E-state index in [4.69, 9.17) is 28.2 Å². The van der Waals surface area contributed by atoms with Crippen molar-refractivity contribution in [3.05, 3.63) is 86.3 Å². The van der Waals surface area contributed by atoms with Crippen molar-refractivity contribution in [3.8, 4) is 0 Å². The number of pyridine rings is 1. The van der Waals surface area contributed by atoms with Gasteiger partial charge in [-0.05, 0) is 45.8 Å². The Hall–Kier alpha value is -2.15. The van der Waals surface area contributed by atoms with Gasteiger partial charge in [0.15, 0.2) is 5.65 Å². The van der Waals surface area contributed by atoms with Crippen LogP contribution < -0.4 is 5.32 Å². The van der Waals surface area contributed by atoms with Gasteiger partial charge in [0.2, 0.25) is 0 Å². The lowest BCUT2D eigenvalue weighted by molar-refractivity contribution is 0.901. The summed E-state index contributed by atoms with van der Waals surface area (Å²) in [5.41, 5.74) is 3.34. The van der Waals surface area contributed by atoms with Gasteiger partial charge in [0.25, 0.3) is 0 Å². The fourth-order valence-corrected chi connectivity index (χ4v) is 3.65. The van der Waals surface area contributed by atoms with E-state index in [1.165, 1.54) is 0 Å². The monoisotopic (exact) mass is 461 g/mol. The third-order valence-corrected chi connectivity index (χ3v) is 5.35. The molecule has 0 fully saturated rings. The second-order valence-electron chi connectivity index (χ2n) is 5.91. The lowest BCUT2D eigenvalue weighted by atomic mass is 10.1. The number of aromatic nitrogens is 4.